The lowest BCUT2D eigenvalue weighted by Crippen LogP contribution is -2.40. The summed E-state index contributed by atoms with van der Waals surface area (Å²) in [6, 6.07) is 0. The Morgan fingerprint density at radius 3 is 2.50 bits per heavy atom. The average Bonchev–Trinajstić information content (AvgIpc) is 2.74. The highest BCUT2D eigenvalue weighted by Crippen LogP contribution is 2.17. The van der Waals surface area contributed by atoms with Crippen molar-refractivity contribution in [1.82, 2.24) is 15.6 Å². The maximum Gasteiger partial charge on any atom is 0.191 e. The van der Waals surface area contributed by atoms with Gasteiger partial charge in [0.05, 0.1) is 22.8 Å². The first-order valence-corrected chi connectivity index (χ1v) is 8.20. The molecule has 0 aliphatic rings. The van der Waals surface area contributed by atoms with E-state index in [4.69, 9.17) is 4.74 Å². The topological polar surface area (TPSA) is 58.5 Å². The van der Waals surface area contributed by atoms with Gasteiger partial charge in [-0.2, -0.15) is 0 Å². The summed E-state index contributed by atoms with van der Waals surface area (Å²) < 4.78 is 5.39. The number of nitrogens with one attached hydrogen (secondary N) is 2. The van der Waals surface area contributed by atoms with Crippen molar-refractivity contribution in [3.63, 3.8) is 0 Å². The first-order chi connectivity index (χ1) is 9.88. The smallest absolute Gasteiger partial charge is 0.191 e. The van der Waals surface area contributed by atoms with Gasteiger partial charge >= 0.3 is 0 Å². The summed E-state index contributed by atoms with van der Waals surface area (Å²) in [5, 5.41) is 7.75. The lowest BCUT2D eigenvalue weighted by atomic mass is 10.1. The van der Waals surface area contributed by atoms with Gasteiger partial charge < -0.3 is 15.4 Å². The Morgan fingerprint density at radius 1 is 1.32 bits per heavy atom. The van der Waals surface area contributed by atoms with Crippen LogP contribution in [0.2, 0.25) is 0 Å². The van der Waals surface area contributed by atoms with Crippen molar-refractivity contribution >= 4 is 41.3 Å². The molecule has 1 rings (SSSR count). The van der Waals surface area contributed by atoms with E-state index in [9.17, 15) is 0 Å². The minimum atomic E-state index is -0.242. The Bertz CT molecular complexity index is 474. The van der Waals surface area contributed by atoms with Crippen LogP contribution in [0.3, 0.4) is 0 Å². The molecule has 22 heavy (non-hydrogen) atoms. The van der Waals surface area contributed by atoms with E-state index < -0.39 is 0 Å². The molecule has 2 N–H and O–H groups in total. The van der Waals surface area contributed by atoms with E-state index in [1.165, 1.54) is 4.88 Å². The molecule has 0 atom stereocenters. The van der Waals surface area contributed by atoms with Crippen LogP contribution in [0.5, 0.6) is 0 Å². The van der Waals surface area contributed by atoms with E-state index >= 15 is 0 Å². The van der Waals surface area contributed by atoms with Gasteiger partial charge in [-0.15, -0.1) is 35.3 Å². The largest absolute Gasteiger partial charge is 0.377 e. The average molecular weight is 440 g/mol. The highest BCUT2D eigenvalue weighted by atomic mass is 127. The summed E-state index contributed by atoms with van der Waals surface area (Å²) in [4.78, 5) is 10.4. The number of aromatic nitrogens is 1. The molecular weight excluding hydrogens is 411 g/mol. The molecule has 1 aromatic rings. The molecule has 0 aromatic carbocycles. The fourth-order valence-corrected chi connectivity index (χ4v) is 2.71. The normalized spacial score (nSPS) is 12.0. The number of nitrogens with zero attached hydrogens (tertiary/aromatic N) is 2. The van der Waals surface area contributed by atoms with Crippen molar-refractivity contribution in [3.05, 3.63) is 15.6 Å². The van der Waals surface area contributed by atoms with Crippen molar-refractivity contribution in [3.8, 4) is 0 Å². The van der Waals surface area contributed by atoms with Crippen LogP contribution in [-0.4, -0.2) is 43.3 Å². The molecule has 0 spiro atoms. The van der Waals surface area contributed by atoms with Gasteiger partial charge in [0, 0.05) is 31.5 Å². The molecule has 0 saturated heterocycles. The number of hydrogen-bond acceptors (Lipinski definition) is 4. The predicted octanol–water partition coefficient (Wildman–Crippen LogP) is 2.90. The highest BCUT2D eigenvalue weighted by molar-refractivity contribution is 14.0. The van der Waals surface area contributed by atoms with Crippen molar-refractivity contribution in [2.24, 2.45) is 4.99 Å². The number of methoxy groups -OCH3 is 1. The number of ether oxygens (including phenoxy) is 1. The van der Waals surface area contributed by atoms with Crippen LogP contribution in [-0.2, 0) is 11.2 Å². The van der Waals surface area contributed by atoms with Crippen LogP contribution in [0.25, 0.3) is 0 Å². The van der Waals surface area contributed by atoms with Gasteiger partial charge in [0.15, 0.2) is 5.96 Å². The minimum Gasteiger partial charge on any atom is -0.377 e. The fourth-order valence-electron chi connectivity index (χ4n) is 1.78. The molecule has 0 unspecified atom stereocenters. The van der Waals surface area contributed by atoms with Gasteiger partial charge in [0.2, 0.25) is 0 Å². The Balaban J connectivity index is 0.00000441. The van der Waals surface area contributed by atoms with E-state index in [0.717, 1.165) is 36.2 Å². The van der Waals surface area contributed by atoms with Crippen LogP contribution in [0.4, 0.5) is 0 Å². The summed E-state index contributed by atoms with van der Waals surface area (Å²) >= 11 is 1.77. The molecule has 5 nitrogen and oxygen atoms in total. The van der Waals surface area contributed by atoms with E-state index in [1.54, 1.807) is 18.4 Å². The molecule has 0 radical (unpaired) electrons. The Kier molecular flexibility index (Phi) is 10.2. The van der Waals surface area contributed by atoms with Gasteiger partial charge in [-0.05, 0) is 34.6 Å². The molecule has 0 aliphatic heterocycles. The quantitative estimate of drug-likeness (QED) is 0.389. The highest BCUT2D eigenvalue weighted by Gasteiger charge is 2.15. The van der Waals surface area contributed by atoms with Crippen molar-refractivity contribution in [2.45, 2.75) is 46.6 Å². The molecule has 0 saturated carbocycles. The van der Waals surface area contributed by atoms with E-state index in [-0.39, 0.29) is 29.6 Å². The van der Waals surface area contributed by atoms with E-state index in [1.807, 2.05) is 20.8 Å². The predicted molar refractivity (Wildman–Crippen MR) is 106 cm³/mol. The van der Waals surface area contributed by atoms with Crippen LogP contribution in [0.1, 0.15) is 36.3 Å². The van der Waals surface area contributed by atoms with Gasteiger partial charge in [0.25, 0.3) is 0 Å². The molecular formula is C15H29IN4OS. The summed E-state index contributed by atoms with van der Waals surface area (Å²) in [5.74, 6) is 0.835. The number of hydrogen-bond donors (Lipinski definition) is 2. The molecule has 128 valence electrons. The lowest BCUT2D eigenvalue weighted by Gasteiger charge is -2.21. The van der Waals surface area contributed by atoms with Crippen molar-refractivity contribution < 1.29 is 4.74 Å². The monoisotopic (exact) mass is 440 g/mol. The van der Waals surface area contributed by atoms with Crippen molar-refractivity contribution in [2.75, 3.05) is 26.7 Å². The number of aryl methyl sites for hydroxylation is 2. The number of rotatable bonds is 7. The summed E-state index contributed by atoms with van der Waals surface area (Å²) in [6.07, 6.45) is 0.968. The molecule has 7 heteroatoms. The van der Waals surface area contributed by atoms with Crippen LogP contribution < -0.4 is 10.6 Å². The number of halogens is 1. The zero-order chi connectivity index (χ0) is 15.9. The molecule has 0 fully saturated rings. The Morgan fingerprint density at radius 2 is 2.00 bits per heavy atom. The van der Waals surface area contributed by atoms with Gasteiger partial charge in [-0.25, -0.2) is 4.98 Å². The van der Waals surface area contributed by atoms with Gasteiger partial charge in [-0.3, -0.25) is 4.99 Å². The summed E-state index contributed by atoms with van der Waals surface area (Å²) in [6.45, 7) is 12.6. The zero-order valence-corrected chi connectivity index (χ0v) is 17.6. The Labute approximate surface area is 155 Å². The maximum atomic E-state index is 5.39. The van der Waals surface area contributed by atoms with Crippen LogP contribution >= 0.6 is 35.3 Å². The second kappa shape index (κ2) is 10.4. The number of guanidine groups is 1. The molecule has 0 bridgehead atoms. The SMILES string of the molecule is CCNC(=NCC(C)(C)OC)NCCc1sc(C)nc1C.I. The molecule has 0 aliphatic carbocycles. The minimum absolute atomic E-state index is 0. The third-order valence-corrected chi connectivity index (χ3v) is 4.29. The Hall–Kier alpha value is -0.410. The number of thiazole rings is 1. The summed E-state index contributed by atoms with van der Waals surface area (Å²) in [5.41, 5.74) is 0.898. The second-order valence-corrected chi connectivity index (χ2v) is 6.86. The van der Waals surface area contributed by atoms with Crippen LogP contribution in [0, 0.1) is 13.8 Å². The number of aliphatic imine (C=N–C) groups is 1. The third-order valence-electron chi connectivity index (χ3n) is 3.16. The maximum absolute atomic E-state index is 5.39. The van der Waals surface area contributed by atoms with E-state index in [0.29, 0.717) is 6.54 Å². The second-order valence-electron chi connectivity index (χ2n) is 5.58. The van der Waals surface area contributed by atoms with Gasteiger partial charge in [0.1, 0.15) is 0 Å². The first-order valence-electron chi connectivity index (χ1n) is 7.38. The zero-order valence-electron chi connectivity index (χ0n) is 14.4. The van der Waals surface area contributed by atoms with E-state index in [2.05, 4.69) is 34.5 Å². The van der Waals surface area contributed by atoms with Gasteiger partial charge in [-0.1, -0.05) is 0 Å². The van der Waals surface area contributed by atoms with Crippen LogP contribution in [0.15, 0.2) is 4.99 Å². The van der Waals surface area contributed by atoms with Crippen molar-refractivity contribution in [1.29, 1.82) is 0 Å². The molecule has 0 amide bonds. The lowest BCUT2D eigenvalue weighted by molar-refractivity contribution is 0.0310. The summed E-state index contributed by atoms with van der Waals surface area (Å²) in [7, 11) is 1.71. The standard InChI is InChI=1S/C15H28N4OS.HI/c1-7-16-14(18-10-15(4,5)20-6)17-9-8-13-11(2)19-12(3)21-13;/h7-10H2,1-6H3,(H2,16,17,18);1H. The first kappa shape index (κ1) is 21.6. The third kappa shape index (κ3) is 7.73. The fraction of sp³-hybridized carbons (Fsp3) is 0.733. The molecule has 1 heterocycles. The molecule has 1 aromatic heterocycles.